The zero-order chi connectivity index (χ0) is 22.7. The third-order valence-corrected chi connectivity index (χ3v) is 4.84. The first-order valence-electron chi connectivity index (χ1n) is 9.84. The van der Waals surface area contributed by atoms with Gasteiger partial charge in [-0.3, -0.25) is 14.2 Å². The number of halogens is 1. The number of amides is 1. The monoisotopic (exact) mass is 430 g/mol. The number of nitrogens with zero attached hydrogens (tertiary/aromatic N) is 3. The van der Waals surface area contributed by atoms with Crippen molar-refractivity contribution in [2.45, 2.75) is 13.5 Å². The van der Waals surface area contributed by atoms with Gasteiger partial charge in [0.05, 0.1) is 12.2 Å². The Morgan fingerprint density at radius 1 is 0.938 bits per heavy atom. The van der Waals surface area contributed by atoms with Crippen molar-refractivity contribution in [2.75, 3.05) is 5.32 Å². The lowest BCUT2D eigenvalue weighted by atomic mass is 10.2. The van der Waals surface area contributed by atoms with Crippen molar-refractivity contribution < 1.29 is 9.18 Å². The van der Waals surface area contributed by atoms with Gasteiger partial charge >= 0.3 is 5.69 Å². The highest BCUT2D eigenvalue weighted by molar-refractivity contribution is 6.02. The van der Waals surface area contributed by atoms with E-state index in [0.29, 0.717) is 11.4 Å². The summed E-state index contributed by atoms with van der Waals surface area (Å²) in [5.41, 5.74) is 0.471. The standard InChI is InChI=1S/C24H19FN4O3/c1-16-7-13-20(14-8-16)29-24(32)28(15-17-5-3-2-4-6-17)23(31)21(27-29)22(30)26-19-11-9-18(25)10-12-19/h2-14H,15H2,1H3,(H,26,30). The SMILES string of the molecule is Cc1ccc(-n2nc(C(=O)Nc3ccc(F)cc3)c(=O)n(Cc3ccccc3)c2=O)cc1. The van der Waals surface area contributed by atoms with Crippen molar-refractivity contribution in [3.8, 4) is 5.69 Å². The Hall–Kier alpha value is -4.33. The van der Waals surface area contributed by atoms with Crippen molar-refractivity contribution >= 4 is 11.6 Å². The molecule has 0 saturated heterocycles. The minimum atomic E-state index is -0.818. The number of aromatic nitrogens is 3. The van der Waals surface area contributed by atoms with Crippen LogP contribution in [-0.2, 0) is 6.54 Å². The van der Waals surface area contributed by atoms with E-state index in [2.05, 4.69) is 10.4 Å². The van der Waals surface area contributed by atoms with Gasteiger partial charge in [-0.05, 0) is 48.9 Å². The Bertz CT molecular complexity index is 1380. The lowest BCUT2D eigenvalue weighted by Crippen LogP contribution is -2.45. The Labute approximate surface area is 182 Å². The summed E-state index contributed by atoms with van der Waals surface area (Å²) in [5, 5.41) is 6.60. The zero-order valence-electron chi connectivity index (χ0n) is 17.2. The Morgan fingerprint density at radius 3 is 2.25 bits per heavy atom. The molecule has 0 aliphatic carbocycles. The van der Waals surface area contributed by atoms with Crippen LogP contribution < -0.4 is 16.6 Å². The number of aryl methyl sites for hydroxylation is 1. The van der Waals surface area contributed by atoms with Gasteiger partial charge in [0.25, 0.3) is 11.5 Å². The molecule has 0 aliphatic heterocycles. The van der Waals surface area contributed by atoms with Crippen molar-refractivity contribution in [1.29, 1.82) is 0 Å². The molecule has 0 saturated carbocycles. The fourth-order valence-electron chi connectivity index (χ4n) is 3.14. The summed E-state index contributed by atoms with van der Waals surface area (Å²) in [6.07, 6.45) is 0. The fraction of sp³-hybridized carbons (Fsp3) is 0.0833. The number of anilines is 1. The molecule has 1 heterocycles. The Morgan fingerprint density at radius 2 is 1.59 bits per heavy atom. The number of benzene rings is 3. The van der Waals surface area contributed by atoms with Crippen molar-refractivity contribution in [3.05, 3.63) is 122 Å². The number of carbonyl (C=O) groups is 1. The number of carbonyl (C=O) groups excluding carboxylic acids is 1. The quantitative estimate of drug-likeness (QED) is 0.527. The van der Waals surface area contributed by atoms with Gasteiger partial charge in [0, 0.05) is 5.69 Å². The van der Waals surface area contributed by atoms with Crippen LogP contribution in [0.1, 0.15) is 21.6 Å². The second-order valence-corrected chi connectivity index (χ2v) is 7.22. The van der Waals surface area contributed by atoms with E-state index < -0.39 is 28.7 Å². The minimum absolute atomic E-state index is 0.0241. The van der Waals surface area contributed by atoms with Crippen molar-refractivity contribution in [2.24, 2.45) is 0 Å². The van der Waals surface area contributed by atoms with E-state index in [0.717, 1.165) is 20.4 Å². The van der Waals surface area contributed by atoms with Gasteiger partial charge in [0.2, 0.25) is 5.69 Å². The number of hydrogen-bond acceptors (Lipinski definition) is 4. The van der Waals surface area contributed by atoms with Crippen molar-refractivity contribution in [3.63, 3.8) is 0 Å². The molecule has 4 rings (SSSR count). The lowest BCUT2D eigenvalue weighted by molar-refractivity contribution is 0.101. The molecule has 3 aromatic carbocycles. The van der Waals surface area contributed by atoms with Gasteiger partial charge in [0.15, 0.2) is 0 Å². The first kappa shape index (κ1) is 20.9. The predicted molar refractivity (Wildman–Crippen MR) is 119 cm³/mol. The second-order valence-electron chi connectivity index (χ2n) is 7.22. The molecule has 0 fully saturated rings. The van der Waals surface area contributed by atoms with Crippen LogP contribution in [0, 0.1) is 12.7 Å². The summed E-state index contributed by atoms with van der Waals surface area (Å²) in [4.78, 5) is 39.1. The summed E-state index contributed by atoms with van der Waals surface area (Å²) < 4.78 is 15.2. The first-order valence-corrected chi connectivity index (χ1v) is 9.84. The van der Waals surface area contributed by atoms with Gasteiger partial charge in [-0.2, -0.15) is 9.78 Å². The summed E-state index contributed by atoms with van der Waals surface area (Å²) in [7, 11) is 0. The molecule has 0 radical (unpaired) electrons. The molecule has 0 bridgehead atoms. The fourth-order valence-corrected chi connectivity index (χ4v) is 3.14. The Kier molecular flexibility index (Phi) is 5.76. The highest BCUT2D eigenvalue weighted by atomic mass is 19.1. The third-order valence-electron chi connectivity index (χ3n) is 4.84. The lowest BCUT2D eigenvalue weighted by Gasteiger charge is -2.12. The molecule has 7 nitrogen and oxygen atoms in total. The molecule has 0 spiro atoms. The summed E-state index contributed by atoms with van der Waals surface area (Å²) in [6, 6.07) is 21.0. The van der Waals surface area contributed by atoms with Crippen molar-refractivity contribution in [1.82, 2.24) is 14.3 Å². The van der Waals surface area contributed by atoms with Crippen LogP contribution in [0.2, 0.25) is 0 Å². The van der Waals surface area contributed by atoms with Gasteiger partial charge in [-0.1, -0.05) is 48.0 Å². The molecule has 32 heavy (non-hydrogen) atoms. The Balaban J connectivity index is 1.83. The molecule has 4 aromatic rings. The maximum atomic E-state index is 13.2. The maximum Gasteiger partial charge on any atom is 0.352 e. The van der Waals surface area contributed by atoms with Crippen LogP contribution >= 0.6 is 0 Å². The minimum Gasteiger partial charge on any atom is -0.320 e. The molecule has 8 heteroatoms. The molecule has 0 atom stereocenters. The molecular formula is C24H19FN4O3. The highest BCUT2D eigenvalue weighted by Gasteiger charge is 2.20. The number of hydrogen-bond donors (Lipinski definition) is 1. The average molecular weight is 430 g/mol. The summed E-state index contributed by atoms with van der Waals surface area (Å²) >= 11 is 0. The molecular weight excluding hydrogens is 411 g/mol. The van der Waals surface area contributed by atoms with Crippen LogP contribution in [-0.4, -0.2) is 20.3 Å². The van der Waals surface area contributed by atoms with Crippen LogP contribution in [0.25, 0.3) is 5.69 Å². The van der Waals surface area contributed by atoms with E-state index in [4.69, 9.17) is 0 Å². The smallest absolute Gasteiger partial charge is 0.320 e. The molecule has 1 aromatic heterocycles. The number of rotatable bonds is 5. The normalized spacial score (nSPS) is 10.7. The molecule has 1 N–H and O–H groups in total. The van der Waals surface area contributed by atoms with E-state index in [1.165, 1.54) is 24.3 Å². The molecule has 160 valence electrons. The summed E-state index contributed by atoms with van der Waals surface area (Å²) in [5.74, 6) is -1.26. The topological polar surface area (TPSA) is 86.0 Å². The number of nitrogens with one attached hydrogen (secondary N) is 1. The van der Waals surface area contributed by atoms with E-state index in [1.807, 2.05) is 13.0 Å². The zero-order valence-corrected chi connectivity index (χ0v) is 17.2. The maximum absolute atomic E-state index is 13.2. The van der Waals surface area contributed by atoms with E-state index in [9.17, 15) is 18.8 Å². The first-order chi connectivity index (χ1) is 15.4. The molecule has 1 amide bonds. The molecule has 0 unspecified atom stereocenters. The van der Waals surface area contributed by atoms with Crippen LogP contribution in [0.5, 0.6) is 0 Å². The summed E-state index contributed by atoms with van der Waals surface area (Å²) in [6.45, 7) is 1.88. The van der Waals surface area contributed by atoms with E-state index in [1.54, 1.807) is 48.5 Å². The van der Waals surface area contributed by atoms with E-state index in [-0.39, 0.29) is 6.54 Å². The largest absolute Gasteiger partial charge is 0.352 e. The van der Waals surface area contributed by atoms with Gasteiger partial charge in [-0.25, -0.2) is 9.18 Å². The predicted octanol–water partition coefficient (Wildman–Crippen LogP) is 3.14. The van der Waals surface area contributed by atoms with E-state index >= 15 is 0 Å². The highest BCUT2D eigenvalue weighted by Crippen LogP contribution is 2.10. The van der Waals surface area contributed by atoms with Crippen LogP contribution in [0.15, 0.2) is 88.5 Å². The third kappa shape index (κ3) is 4.39. The van der Waals surface area contributed by atoms with Gasteiger partial charge in [-0.15, -0.1) is 0 Å². The van der Waals surface area contributed by atoms with Crippen LogP contribution in [0.3, 0.4) is 0 Å². The second kappa shape index (κ2) is 8.81. The van der Waals surface area contributed by atoms with Gasteiger partial charge < -0.3 is 5.32 Å². The average Bonchev–Trinajstić information content (AvgIpc) is 2.80. The van der Waals surface area contributed by atoms with Gasteiger partial charge in [0.1, 0.15) is 5.82 Å². The van der Waals surface area contributed by atoms with Crippen LogP contribution in [0.4, 0.5) is 10.1 Å². The molecule has 0 aliphatic rings.